The number of benzene rings is 1. The molecule has 1 aliphatic rings. The summed E-state index contributed by atoms with van der Waals surface area (Å²) >= 11 is 0. The Morgan fingerprint density at radius 2 is 1.67 bits per heavy atom. The van der Waals surface area contributed by atoms with Crippen molar-refractivity contribution in [3.05, 3.63) is 60.3 Å². The summed E-state index contributed by atoms with van der Waals surface area (Å²) in [5.74, 6) is -0.761. The number of ether oxygens (including phenoxy) is 4. The number of carbonyl (C=O) groups is 4. The fourth-order valence-corrected chi connectivity index (χ4v) is 4.43. The Bertz CT molecular complexity index is 1280. The summed E-state index contributed by atoms with van der Waals surface area (Å²) in [6.45, 7) is 10.2. The van der Waals surface area contributed by atoms with Crippen molar-refractivity contribution in [3.8, 4) is 0 Å². The number of esters is 1. The van der Waals surface area contributed by atoms with E-state index >= 15 is 0 Å². The molecule has 3 rings (SSSR count). The lowest BCUT2D eigenvalue weighted by Gasteiger charge is -2.31. The number of rotatable bonds is 11. The minimum Gasteiger partial charge on any atom is -0.459 e. The maximum absolute atomic E-state index is 13.3. The molecule has 1 aromatic heterocycles. The second-order valence-corrected chi connectivity index (χ2v) is 12.7. The number of hydrogen-bond acceptors (Lipinski definition) is 10. The zero-order valence-corrected chi connectivity index (χ0v) is 26.9. The molecule has 1 fully saturated rings. The van der Waals surface area contributed by atoms with Crippen LogP contribution in [0.5, 0.6) is 0 Å². The van der Waals surface area contributed by atoms with Gasteiger partial charge in [0.25, 0.3) is 0 Å². The first-order valence-corrected chi connectivity index (χ1v) is 14.9. The van der Waals surface area contributed by atoms with Crippen LogP contribution >= 0.6 is 0 Å². The van der Waals surface area contributed by atoms with Crippen molar-refractivity contribution in [1.29, 1.82) is 0 Å². The van der Waals surface area contributed by atoms with Crippen molar-refractivity contribution < 1.29 is 38.1 Å². The van der Waals surface area contributed by atoms with Crippen molar-refractivity contribution in [3.63, 3.8) is 0 Å². The fraction of sp³-hybridized carbons (Fsp3) is 0.531. The van der Waals surface area contributed by atoms with Crippen LogP contribution in [0, 0.1) is 0 Å². The van der Waals surface area contributed by atoms with Gasteiger partial charge in [0.15, 0.2) is 0 Å². The van der Waals surface area contributed by atoms with Crippen LogP contribution in [0.1, 0.15) is 53.5 Å². The SMILES string of the molecule is CC(C)(C)OC(=O)[C@@H](N)CNC(=O)CO[C@@H]1C[C@@H](CN(C(=O)OC(C)(C)C)c2ccccn2)N(C(=O)OCc2ccccc2)C1. The number of carbonyl (C=O) groups excluding carboxylic acids is 4. The summed E-state index contributed by atoms with van der Waals surface area (Å²) in [7, 11) is 0. The van der Waals surface area contributed by atoms with Crippen LogP contribution in [0.15, 0.2) is 54.7 Å². The molecule has 3 atom stereocenters. The van der Waals surface area contributed by atoms with E-state index < -0.39 is 53.5 Å². The van der Waals surface area contributed by atoms with Gasteiger partial charge >= 0.3 is 18.2 Å². The van der Waals surface area contributed by atoms with E-state index in [1.54, 1.807) is 65.9 Å². The standard InChI is InChI=1S/C32H45N5O8/c1-31(2,3)44-28(39)25(33)17-35-27(38)21-42-24-16-23(36(19-24)29(40)43-20-22-12-8-7-9-13-22)18-37(26-14-10-11-15-34-26)30(41)45-32(4,5)6/h7-15,23-25H,16-21,33H2,1-6H3,(H,35,38)/t23-,24+,25-/m0/s1. The molecule has 2 aromatic rings. The van der Waals surface area contributed by atoms with E-state index in [2.05, 4.69) is 10.3 Å². The van der Waals surface area contributed by atoms with Gasteiger partial charge in [0.05, 0.1) is 25.2 Å². The van der Waals surface area contributed by atoms with Crippen LogP contribution in [-0.2, 0) is 35.1 Å². The molecule has 13 nitrogen and oxygen atoms in total. The zero-order chi connectivity index (χ0) is 33.2. The molecular weight excluding hydrogens is 582 g/mol. The molecule has 3 amide bonds. The number of nitrogens with zero attached hydrogens (tertiary/aromatic N) is 3. The lowest BCUT2D eigenvalue weighted by molar-refractivity contribution is -0.156. The number of nitrogens with two attached hydrogens (primary N) is 1. The van der Waals surface area contributed by atoms with Crippen molar-refractivity contribution in [2.75, 3.05) is 31.1 Å². The summed E-state index contributed by atoms with van der Waals surface area (Å²) in [5, 5.41) is 2.57. The van der Waals surface area contributed by atoms with Gasteiger partial charge in [0.1, 0.15) is 36.3 Å². The smallest absolute Gasteiger partial charge is 0.416 e. The highest BCUT2D eigenvalue weighted by Gasteiger charge is 2.40. The van der Waals surface area contributed by atoms with Gasteiger partial charge < -0.3 is 34.9 Å². The average molecular weight is 628 g/mol. The molecular formula is C32H45N5O8. The topological polar surface area (TPSA) is 163 Å². The molecule has 0 bridgehead atoms. The van der Waals surface area contributed by atoms with Gasteiger partial charge in [0, 0.05) is 12.7 Å². The van der Waals surface area contributed by atoms with Crippen molar-refractivity contribution in [1.82, 2.24) is 15.2 Å². The van der Waals surface area contributed by atoms with Crippen molar-refractivity contribution in [2.24, 2.45) is 5.73 Å². The first-order valence-electron chi connectivity index (χ1n) is 14.9. The molecule has 1 aliphatic heterocycles. The first-order chi connectivity index (χ1) is 21.1. The number of nitrogens with one attached hydrogen (secondary N) is 1. The van der Waals surface area contributed by atoms with Crippen LogP contribution in [0.2, 0.25) is 0 Å². The third-order valence-corrected chi connectivity index (χ3v) is 6.43. The minimum atomic E-state index is -1.04. The summed E-state index contributed by atoms with van der Waals surface area (Å²) in [4.78, 5) is 58.4. The first kappa shape index (κ1) is 35.3. The lowest BCUT2D eigenvalue weighted by atomic mass is 10.2. The fourth-order valence-electron chi connectivity index (χ4n) is 4.43. The van der Waals surface area contributed by atoms with E-state index in [0.29, 0.717) is 12.2 Å². The molecule has 0 unspecified atom stereocenters. The maximum Gasteiger partial charge on any atom is 0.416 e. The average Bonchev–Trinajstić information content (AvgIpc) is 3.38. The Labute approximate surface area is 264 Å². The van der Waals surface area contributed by atoms with Crippen LogP contribution in [-0.4, -0.2) is 89.6 Å². The number of aromatic nitrogens is 1. The number of hydrogen-bond donors (Lipinski definition) is 2. The molecule has 45 heavy (non-hydrogen) atoms. The highest BCUT2D eigenvalue weighted by molar-refractivity contribution is 5.87. The van der Waals surface area contributed by atoms with Gasteiger partial charge in [-0.15, -0.1) is 0 Å². The highest BCUT2D eigenvalue weighted by atomic mass is 16.6. The summed E-state index contributed by atoms with van der Waals surface area (Å²) in [5.41, 5.74) is 5.20. The van der Waals surface area contributed by atoms with E-state index in [9.17, 15) is 19.2 Å². The third-order valence-electron chi connectivity index (χ3n) is 6.43. The predicted octanol–water partition coefficient (Wildman–Crippen LogP) is 3.40. The van der Waals surface area contributed by atoms with Gasteiger partial charge in [-0.25, -0.2) is 14.6 Å². The van der Waals surface area contributed by atoms with E-state index in [1.165, 1.54) is 9.80 Å². The molecule has 0 spiro atoms. The normalized spacial score (nSPS) is 17.3. The third kappa shape index (κ3) is 12.0. The van der Waals surface area contributed by atoms with Crippen LogP contribution in [0.25, 0.3) is 0 Å². The van der Waals surface area contributed by atoms with E-state index in [1.807, 2.05) is 30.3 Å². The van der Waals surface area contributed by atoms with Crippen LogP contribution < -0.4 is 16.0 Å². The number of likely N-dealkylation sites (tertiary alicyclic amines) is 1. The highest BCUT2D eigenvalue weighted by Crippen LogP contribution is 2.26. The molecule has 13 heteroatoms. The molecule has 1 saturated heterocycles. The zero-order valence-electron chi connectivity index (χ0n) is 26.9. The van der Waals surface area contributed by atoms with E-state index in [0.717, 1.165) is 5.56 Å². The van der Waals surface area contributed by atoms with Gasteiger partial charge in [0.2, 0.25) is 5.91 Å². The van der Waals surface area contributed by atoms with E-state index in [4.69, 9.17) is 24.7 Å². The summed E-state index contributed by atoms with van der Waals surface area (Å²) in [6.07, 6.45) is 0.106. The largest absolute Gasteiger partial charge is 0.459 e. The quantitative estimate of drug-likeness (QED) is 0.279. The predicted molar refractivity (Wildman–Crippen MR) is 166 cm³/mol. The second kappa shape index (κ2) is 15.7. The summed E-state index contributed by atoms with van der Waals surface area (Å²) < 4.78 is 22.4. The molecule has 0 radical (unpaired) electrons. The Balaban J connectivity index is 1.69. The van der Waals surface area contributed by atoms with Gasteiger partial charge in [-0.1, -0.05) is 36.4 Å². The maximum atomic E-state index is 13.3. The summed E-state index contributed by atoms with van der Waals surface area (Å²) in [6, 6.07) is 12.8. The number of pyridine rings is 1. The molecule has 3 N–H and O–H groups in total. The minimum absolute atomic E-state index is 0.0448. The van der Waals surface area contributed by atoms with Gasteiger partial charge in [-0.05, 0) is 65.7 Å². The van der Waals surface area contributed by atoms with Gasteiger partial charge in [-0.3, -0.25) is 14.5 Å². The Morgan fingerprint density at radius 1 is 1.00 bits per heavy atom. The second-order valence-electron chi connectivity index (χ2n) is 12.7. The Morgan fingerprint density at radius 3 is 2.29 bits per heavy atom. The monoisotopic (exact) mass is 627 g/mol. The lowest BCUT2D eigenvalue weighted by Crippen LogP contribution is -2.47. The molecule has 0 saturated carbocycles. The Kier molecular flexibility index (Phi) is 12.3. The number of anilines is 1. The van der Waals surface area contributed by atoms with Crippen LogP contribution in [0.3, 0.4) is 0 Å². The molecule has 0 aliphatic carbocycles. The van der Waals surface area contributed by atoms with Gasteiger partial charge in [-0.2, -0.15) is 0 Å². The molecule has 1 aromatic carbocycles. The van der Waals surface area contributed by atoms with Crippen molar-refractivity contribution >= 4 is 29.9 Å². The molecule has 2 heterocycles. The number of amides is 3. The van der Waals surface area contributed by atoms with E-state index in [-0.39, 0.29) is 32.8 Å². The van der Waals surface area contributed by atoms with Crippen molar-refractivity contribution in [2.45, 2.75) is 84.0 Å². The molecule has 246 valence electrons. The Hall–Kier alpha value is -4.23. The van der Waals surface area contributed by atoms with Crippen LogP contribution in [0.4, 0.5) is 15.4 Å².